The first-order valence-corrected chi connectivity index (χ1v) is 10.3. The van der Waals surface area contributed by atoms with Gasteiger partial charge in [0.05, 0.1) is 11.1 Å². The third-order valence-corrected chi connectivity index (χ3v) is 5.16. The smallest absolute Gasteiger partial charge is 0.399 e. The second kappa shape index (κ2) is 9.44. The summed E-state index contributed by atoms with van der Waals surface area (Å²) in [6, 6.07) is 10.7. The molecule has 3 rings (SSSR count). The summed E-state index contributed by atoms with van der Waals surface area (Å²) in [5, 5.41) is 2.31. The van der Waals surface area contributed by atoms with Crippen molar-refractivity contribution in [1.82, 2.24) is 0 Å². The Hall–Kier alpha value is -3.82. The van der Waals surface area contributed by atoms with E-state index in [4.69, 9.17) is 5.73 Å². The minimum Gasteiger partial charge on any atom is -0.399 e. The van der Waals surface area contributed by atoms with Gasteiger partial charge < -0.3 is 11.1 Å². The number of hydrogen-bond donors (Lipinski definition) is 2. The molecule has 3 aromatic rings. The van der Waals surface area contributed by atoms with E-state index in [1.807, 2.05) is 0 Å². The van der Waals surface area contributed by atoms with Crippen LogP contribution in [0.15, 0.2) is 60.7 Å². The zero-order valence-electron chi connectivity index (χ0n) is 18.5. The lowest BCUT2D eigenvalue weighted by Gasteiger charge is -2.19. The van der Waals surface area contributed by atoms with Crippen LogP contribution in [-0.4, -0.2) is 11.7 Å². The summed E-state index contributed by atoms with van der Waals surface area (Å²) in [7, 11) is 0. The van der Waals surface area contributed by atoms with Crippen molar-refractivity contribution in [1.29, 1.82) is 0 Å². The first-order chi connectivity index (χ1) is 16.2. The van der Waals surface area contributed by atoms with E-state index in [1.54, 1.807) is 13.8 Å². The van der Waals surface area contributed by atoms with Gasteiger partial charge in [0.2, 0.25) is 0 Å². The maximum Gasteiger partial charge on any atom is 0.417 e. The van der Waals surface area contributed by atoms with Gasteiger partial charge in [-0.05, 0) is 47.5 Å². The molecule has 0 heterocycles. The first kappa shape index (κ1) is 25.8. The highest BCUT2D eigenvalue weighted by Gasteiger charge is 2.38. The second-order valence-electron chi connectivity index (χ2n) is 8.11. The number of rotatable bonds is 5. The summed E-state index contributed by atoms with van der Waals surface area (Å²) < 4.78 is 82.0. The summed E-state index contributed by atoms with van der Waals surface area (Å²) in [4.78, 5) is 24.8. The molecule has 0 fully saturated rings. The van der Waals surface area contributed by atoms with Gasteiger partial charge in [0.15, 0.2) is 5.78 Å². The number of nitrogens with two attached hydrogens (primary N) is 1. The zero-order valence-corrected chi connectivity index (χ0v) is 18.5. The molecule has 0 aliphatic carbocycles. The number of halogens is 6. The molecule has 0 saturated carbocycles. The van der Waals surface area contributed by atoms with Gasteiger partial charge in [0, 0.05) is 28.4 Å². The van der Waals surface area contributed by atoms with Crippen LogP contribution in [0.1, 0.15) is 45.7 Å². The number of Topliss-reactive ketones (excluding diaryl/α,β-unsaturated/α-hetero) is 1. The van der Waals surface area contributed by atoms with E-state index in [9.17, 15) is 35.9 Å². The number of anilines is 2. The van der Waals surface area contributed by atoms with Crippen LogP contribution in [0.3, 0.4) is 0 Å². The molecule has 0 aromatic heterocycles. The monoisotopic (exact) mass is 494 g/mol. The van der Waals surface area contributed by atoms with Gasteiger partial charge in [-0.1, -0.05) is 38.1 Å². The van der Waals surface area contributed by atoms with Gasteiger partial charge in [-0.15, -0.1) is 0 Å². The van der Waals surface area contributed by atoms with Crippen LogP contribution in [0, 0.1) is 5.92 Å². The predicted octanol–water partition coefficient (Wildman–Crippen LogP) is 7.06. The van der Waals surface area contributed by atoms with Crippen molar-refractivity contribution < 1.29 is 35.9 Å². The Morgan fingerprint density at radius 3 is 1.89 bits per heavy atom. The molecule has 4 nitrogen and oxygen atoms in total. The molecule has 3 N–H and O–H groups in total. The highest BCUT2D eigenvalue weighted by atomic mass is 19.4. The van der Waals surface area contributed by atoms with E-state index in [0.717, 1.165) is 24.3 Å². The molecule has 0 atom stereocenters. The molecule has 3 aromatic carbocycles. The number of alkyl halides is 6. The van der Waals surface area contributed by atoms with Gasteiger partial charge in [-0.3, -0.25) is 9.59 Å². The van der Waals surface area contributed by atoms with Gasteiger partial charge in [0.25, 0.3) is 5.91 Å². The van der Waals surface area contributed by atoms with Crippen molar-refractivity contribution in [3.63, 3.8) is 0 Å². The number of amides is 1. The molecule has 0 unspecified atom stereocenters. The van der Waals surface area contributed by atoms with Crippen molar-refractivity contribution in [2.45, 2.75) is 26.2 Å². The van der Waals surface area contributed by atoms with Gasteiger partial charge >= 0.3 is 12.4 Å². The van der Waals surface area contributed by atoms with E-state index < -0.39 is 40.5 Å². The Balaban J connectivity index is 2.02. The van der Waals surface area contributed by atoms with Crippen LogP contribution in [0.25, 0.3) is 11.1 Å². The summed E-state index contributed by atoms with van der Waals surface area (Å²) >= 11 is 0. The largest absolute Gasteiger partial charge is 0.417 e. The minimum atomic E-state index is -5.02. The third kappa shape index (κ3) is 5.82. The first-order valence-electron chi connectivity index (χ1n) is 10.3. The molecule has 0 saturated heterocycles. The highest BCUT2D eigenvalue weighted by molar-refractivity contribution is 6.06. The van der Waals surface area contributed by atoms with Crippen molar-refractivity contribution in [2.24, 2.45) is 5.92 Å². The molecule has 0 aliphatic heterocycles. The third-order valence-electron chi connectivity index (χ3n) is 5.16. The van der Waals surface area contributed by atoms with Gasteiger partial charge in [-0.2, -0.15) is 26.3 Å². The number of carbonyl (C=O) groups is 2. The van der Waals surface area contributed by atoms with Crippen LogP contribution in [-0.2, 0) is 12.4 Å². The van der Waals surface area contributed by atoms with E-state index in [-0.39, 0.29) is 34.2 Å². The van der Waals surface area contributed by atoms with Crippen LogP contribution < -0.4 is 11.1 Å². The number of hydrogen-bond acceptors (Lipinski definition) is 3. The fourth-order valence-electron chi connectivity index (χ4n) is 3.47. The predicted molar refractivity (Wildman–Crippen MR) is 120 cm³/mol. The zero-order chi connectivity index (χ0) is 26.1. The number of carbonyl (C=O) groups excluding carboxylic acids is 2. The number of nitrogens with one attached hydrogen (secondary N) is 1. The highest BCUT2D eigenvalue weighted by Crippen LogP contribution is 2.44. The maximum atomic E-state index is 13.8. The quantitative estimate of drug-likeness (QED) is 0.227. The van der Waals surface area contributed by atoms with Crippen LogP contribution in [0.4, 0.5) is 37.7 Å². The second-order valence-corrected chi connectivity index (χ2v) is 8.11. The van der Waals surface area contributed by atoms with E-state index in [1.165, 1.54) is 24.3 Å². The van der Waals surface area contributed by atoms with Crippen molar-refractivity contribution in [3.8, 4) is 11.1 Å². The lowest BCUT2D eigenvalue weighted by molar-refractivity contribution is -0.139. The summed E-state index contributed by atoms with van der Waals surface area (Å²) in [5.41, 5.74) is 1.09. The average Bonchev–Trinajstić information content (AvgIpc) is 2.77. The van der Waals surface area contributed by atoms with E-state index in [0.29, 0.717) is 12.1 Å². The maximum absolute atomic E-state index is 13.8. The molecule has 184 valence electrons. The summed E-state index contributed by atoms with van der Waals surface area (Å²) in [5.74, 6) is -1.33. The average molecular weight is 494 g/mol. The van der Waals surface area contributed by atoms with Crippen molar-refractivity contribution in [3.05, 3.63) is 82.9 Å². The SMILES string of the molecule is CC(C)C(=O)c1cccc(C(=O)Nc2ccc(-c3ccc(N)cc3C(F)(F)F)c(C(F)(F)F)c2)c1. The molecular formula is C25H20F6N2O2. The molecule has 35 heavy (non-hydrogen) atoms. The Morgan fingerprint density at radius 2 is 1.31 bits per heavy atom. The van der Waals surface area contributed by atoms with Crippen molar-refractivity contribution >= 4 is 23.1 Å². The Morgan fingerprint density at radius 1 is 0.771 bits per heavy atom. The Bertz CT molecular complexity index is 1280. The standard InChI is InChI=1S/C25H20F6N2O2/c1-13(2)22(34)14-4-3-5-15(10-14)23(35)33-17-7-9-19(21(12-17)25(29,30)31)18-8-6-16(32)11-20(18)24(26,27)28/h3-13H,32H2,1-2H3,(H,33,35). The Labute approximate surface area is 196 Å². The molecular weight excluding hydrogens is 474 g/mol. The fraction of sp³-hybridized carbons (Fsp3) is 0.200. The summed E-state index contributed by atoms with van der Waals surface area (Å²) in [6.07, 6.45) is -9.97. The van der Waals surface area contributed by atoms with E-state index in [2.05, 4.69) is 5.32 Å². The molecule has 1 amide bonds. The number of nitrogen functional groups attached to an aromatic ring is 1. The lowest BCUT2D eigenvalue weighted by Crippen LogP contribution is -2.16. The number of benzene rings is 3. The van der Waals surface area contributed by atoms with Gasteiger partial charge in [0.1, 0.15) is 0 Å². The molecule has 0 spiro atoms. The topological polar surface area (TPSA) is 72.2 Å². The normalized spacial score (nSPS) is 12.0. The molecule has 0 bridgehead atoms. The fourth-order valence-corrected chi connectivity index (χ4v) is 3.47. The van der Waals surface area contributed by atoms with Crippen molar-refractivity contribution in [2.75, 3.05) is 11.1 Å². The molecule has 0 radical (unpaired) electrons. The number of ketones is 1. The lowest BCUT2D eigenvalue weighted by atomic mass is 9.93. The minimum absolute atomic E-state index is 0.0343. The Kier molecular flexibility index (Phi) is 6.96. The van der Waals surface area contributed by atoms with Crippen LogP contribution >= 0.6 is 0 Å². The van der Waals surface area contributed by atoms with Crippen LogP contribution in [0.5, 0.6) is 0 Å². The summed E-state index contributed by atoms with van der Waals surface area (Å²) in [6.45, 7) is 3.36. The molecule has 10 heteroatoms. The van der Waals surface area contributed by atoms with Gasteiger partial charge in [-0.25, -0.2) is 0 Å². The van der Waals surface area contributed by atoms with Crippen LogP contribution in [0.2, 0.25) is 0 Å². The van der Waals surface area contributed by atoms with E-state index >= 15 is 0 Å². The molecule has 0 aliphatic rings.